The van der Waals surface area contributed by atoms with Crippen LogP contribution in [0.15, 0.2) is 30.3 Å². The summed E-state index contributed by atoms with van der Waals surface area (Å²) in [6, 6.07) is 5.88. The molecule has 1 N–H and O–H groups in total. The predicted molar refractivity (Wildman–Crippen MR) is 68.5 cm³/mol. The molecule has 0 radical (unpaired) electrons. The molecule has 2 nitrogen and oxygen atoms in total. The molecule has 0 aromatic heterocycles. The molecule has 0 spiro atoms. The molecule has 0 bridgehead atoms. The predicted octanol–water partition coefficient (Wildman–Crippen LogP) is 4.29. The maximum absolute atomic E-state index is 13.6. The summed E-state index contributed by atoms with van der Waals surface area (Å²) < 4.78 is 26.9. The minimum absolute atomic E-state index is 0.0944. The van der Waals surface area contributed by atoms with E-state index in [1.54, 1.807) is 0 Å². The molecule has 0 heterocycles. The second-order valence-corrected chi connectivity index (χ2v) is 4.55. The first kappa shape index (κ1) is 13.5. The molecule has 0 aliphatic carbocycles. The van der Waals surface area contributed by atoms with Crippen molar-refractivity contribution in [2.45, 2.75) is 6.92 Å². The molecular weight excluding hydrogens is 274 g/mol. The summed E-state index contributed by atoms with van der Waals surface area (Å²) in [5.41, 5.74) is 0.433. The van der Waals surface area contributed by atoms with Gasteiger partial charge in [0.15, 0.2) is 0 Å². The van der Waals surface area contributed by atoms with Gasteiger partial charge in [0.05, 0.1) is 5.56 Å². The van der Waals surface area contributed by atoms with Crippen molar-refractivity contribution in [2.24, 2.45) is 0 Å². The van der Waals surface area contributed by atoms with Crippen LogP contribution in [0.1, 0.15) is 15.9 Å². The van der Waals surface area contributed by atoms with E-state index in [1.165, 1.54) is 19.1 Å². The van der Waals surface area contributed by atoms with E-state index < -0.39 is 17.6 Å². The number of rotatable bonds is 2. The lowest BCUT2D eigenvalue weighted by molar-refractivity contribution is 0.0697. The van der Waals surface area contributed by atoms with Gasteiger partial charge < -0.3 is 5.11 Å². The molecular formula is C14H9ClF2O2. The summed E-state index contributed by atoms with van der Waals surface area (Å²) in [7, 11) is 0. The third kappa shape index (κ3) is 2.74. The number of benzene rings is 2. The summed E-state index contributed by atoms with van der Waals surface area (Å²) >= 11 is 5.72. The largest absolute Gasteiger partial charge is 0.478 e. The monoisotopic (exact) mass is 282 g/mol. The van der Waals surface area contributed by atoms with Crippen molar-refractivity contribution in [3.8, 4) is 11.1 Å². The molecule has 5 heteroatoms. The van der Waals surface area contributed by atoms with Gasteiger partial charge in [-0.25, -0.2) is 13.6 Å². The first-order chi connectivity index (χ1) is 8.88. The highest BCUT2D eigenvalue weighted by molar-refractivity contribution is 6.30. The molecule has 2 aromatic carbocycles. The second kappa shape index (κ2) is 4.97. The van der Waals surface area contributed by atoms with Gasteiger partial charge >= 0.3 is 5.97 Å². The molecule has 2 rings (SSSR count). The fourth-order valence-electron chi connectivity index (χ4n) is 1.81. The minimum Gasteiger partial charge on any atom is -0.478 e. The fourth-order valence-corrected chi connectivity index (χ4v) is 2.03. The van der Waals surface area contributed by atoms with Crippen LogP contribution in [0.5, 0.6) is 0 Å². The van der Waals surface area contributed by atoms with Crippen LogP contribution < -0.4 is 0 Å². The van der Waals surface area contributed by atoms with Crippen molar-refractivity contribution in [2.75, 3.05) is 0 Å². The van der Waals surface area contributed by atoms with Gasteiger partial charge in [0.25, 0.3) is 0 Å². The Morgan fingerprint density at radius 2 is 1.84 bits per heavy atom. The second-order valence-electron chi connectivity index (χ2n) is 4.11. The zero-order valence-electron chi connectivity index (χ0n) is 9.88. The summed E-state index contributed by atoms with van der Waals surface area (Å²) in [5.74, 6) is -2.38. The zero-order chi connectivity index (χ0) is 14.2. The van der Waals surface area contributed by atoms with Crippen molar-refractivity contribution in [3.05, 3.63) is 58.1 Å². The highest BCUT2D eigenvalue weighted by Gasteiger charge is 2.15. The van der Waals surface area contributed by atoms with E-state index in [9.17, 15) is 13.6 Å². The van der Waals surface area contributed by atoms with Crippen LogP contribution >= 0.6 is 11.6 Å². The summed E-state index contributed by atoms with van der Waals surface area (Å²) in [5, 5.41) is 9.25. The first-order valence-corrected chi connectivity index (χ1v) is 5.76. The number of carboxylic acids is 1. The number of hydrogen-bond donors (Lipinski definition) is 1. The lowest BCUT2D eigenvalue weighted by atomic mass is 9.97. The van der Waals surface area contributed by atoms with Crippen LogP contribution in [-0.2, 0) is 0 Å². The smallest absolute Gasteiger partial charge is 0.336 e. The van der Waals surface area contributed by atoms with Gasteiger partial charge in [-0.3, -0.25) is 0 Å². The Bertz CT molecular complexity index is 648. The van der Waals surface area contributed by atoms with Gasteiger partial charge in [0.2, 0.25) is 0 Å². The van der Waals surface area contributed by atoms with Crippen molar-refractivity contribution in [1.82, 2.24) is 0 Å². The molecule has 0 atom stereocenters. The Labute approximate surface area is 113 Å². The Balaban J connectivity index is 2.73. The van der Waals surface area contributed by atoms with Crippen LogP contribution in [0.4, 0.5) is 8.78 Å². The third-order valence-electron chi connectivity index (χ3n) is 2.70. The maximum Gasteiger partial charge on any atom is 0.336 e. The van der Waals surface area contributed by atoms with Gasteiger partial charge in [0, 0.05) is 5.02 Å². The van der Waals surface area contributed by atoms with Crippen molar-refractivity contribution in [3.63, 3.8) is 0 Å². The average molecular weight is 283 g/mol. The molecule has 0 fully saturated rings. The number of carbonyl (C=O) groups is 1. The lowest BCUT2D eigenvalue weighted by Crippen LogP contribution is -2.02. The lowest BCUT2D eigenvalue weighted by Gasteiger charge is -2.09. The highest BCUT2D eigenvalue weighted by atomic mass is 35.5. The SMILES string of the molecule is Cc1cc(C(=O)O)c(-c2cc(F)cc(Cl)c2)cc1F. The van der Waals surface area contributed by atoms with Crippen molar-refractivity contribution in [1.29, 1.82) is 0 Å². The third-order valence-corrected chi connectivity index (χ3v) is 2.92. The highest BCUT2D eigenvalue weighted by Crippen LogP contribution is 2.29. The number of halogens is 3. The quantitative estimate of drug-likeness (QED) is 0.892. The van der Waals surface area contributed by atoms with Gasteiger partial charge in [0.1, 0.15) is 11.6 Å². The van der Waals surface area contributed by atoms with E-state index >= 15 is 0 Å². The number of carboxylic acid groups (broad SMARTS) is 1. The fraction of sp³-hybridized carbons (Fsp3) is 0.0714. The van der Waals surface area contributed by atoms with E-state index in [0.29, 0.717) is 0 Å². The first-order valence-electron chi connectivity index (χ1n) is 5.38. The number of aromatic carboxylic acids is 1. The normalized spacial score (nSPS) is 10.5. The summed E-state index contributed by atoms with van der Waals surface area (Å²) in [4.78, 5) is 11.2. The van der Waals surface area contributed by atoms with Gasteiger partial charge in [-0.2, -0.15) is 0 Å². The molecule has 0 unspecified atom stereocenters. The molecule has 0 aliphatic heterocycles. The van der Waals surface area contributed by atoms with Crippen molar-refractivity contribution < 1.29 is 18.7 Å². The average Bonchev–Trinajstić information content (AvgIpc) is 2.30. The van der Waals surface area contributed by atoms with E-state index in [4.69, 9.17) is 16.7 Å². The molecule has 0 amide bonds. The molecule has 19 heavy (non-hydrogen) atoms. The zero-order valence-corrected chi connectivity index (χ0v) is 10.6. The van der Waals surface area contributed by atoms with Crippen LogP contribution in [0.2, 0.25) is 5.02 Å². The molecule has 0 saturated carbocycles. The minimum atomic E-state index is -1.21. The Hall–Kier alpha value is -1.94. The Morgan fingerprint density at radius 3 is 2.42 bits per heavy atom. The van der Waals surface area contributed by atoms with Gasteiger partial charge in [-0.1, -0.05) is 11.6 Å². The molecule has 2 aromatic rings. The number of hydrogen-bond acceptors (Lipinski definition) is 1. The molecule has 0 saturated heterocycles. The van der Waals surface area contributed by atoms with E-state index in [1.807, 2.05) is 0 Å². The van der Waals surface area contributed by atoms with Gasteiger partial charge in [-0.15, -0.1) is 0 Å². The summed E-state index contributed by atoms with van der Waals surface area (Å²) in [6.07, 6.45) is 0. The van der Waals surface area contributed by atoms with Crippen molar-refractivity contribution >= 4 is 17.6 Å². The van der Waals surface area contributed by atoms with Crippen LogP contribution in [-0.4, -0.2) is 11.1 Å². The topological polar surface area (TPSA) is 37.3 Å². The van der Waals surface area contributed by atoms with Crippen LogP contribution in [0, 0.1) is 18.6 Å². The van der Waals surface area contributed by atoms with Crippen LogP contribution in [0.25, 0.3) is 11.1 Å². The maximum atomic E-state index is 13.6. The summed E-state index contributed by atoms with van der Waals surface area (Å²) in [6.45, 7) is 1.46. The van der Waals surface area contributed by atoms with E-state index in [2.05, 4.69) is 0 Å². The Kier molecular flexibility index (Phi) is 3.53. The van der Waals surface area contributed by atoms with Gasteiger partial charge in [-0.05, 0) is 53.9 Å². The van der Waals surface area contributed by atoms with E-state index in [0.717, 1.165) is 18.2 Å². The standard InChI is InChI=1S/C14H9ClF2O2/c1-7-2-12(14(18)19)11(6-13(7)17)8-3-9(15)5-10(16)4-8/h2-6H,1H3,(H,18,19). The molecule has 0 aliphatic rings. The number of aryl methyl sites for hydroxylation is 1. The Morgan fingerprint density at radius 1 is 1.16 bits per heavy atom. The van der Waals surface area contributed by atoms with Crippen LogP contribution in [0.3, 0.4) is 0 Å². The molecule has 98 valence electrons. The van der Waals surface area contributed by atoms with E-state index in [-0.39, 0.29) is 27.3 Å².